The van der Waals surface area contributed by atoms with Crippen LogP contribution in [0.4, 0.5) is 0 Å². The SMILES string of the molecule is NCCOc1cccc2c1S(=O)(=O)CC2S(=O)(=O)c1ccccc1. The Labute approximate surface area is 141 Å². The zero-order valence-corrected chi connectivity index (χ0v) is 14.4. The average Bonchev–Trinajstić information content (AvgIpc) is 2.86. The molecule has 1 aliphatic rings. The number of hydrogen-bond acceptors (Lipinski definition) is 6. The van der Waals surface area contributed by atoms with Gasteiger partial charge in [0, 0.05) is 6.54 Å². The smallest absolute Gasteiger partial charge is 0.186 e. The van der Waals surface area contributed by atoms with Crippen LogP contribution in [0.2, 0.25) is 0 Å². The lowest BCUT2D eigenvalue weighted by Crippen LogP contribution is -2.15. The van der Waals surface area contributed by atoms with Crippen molar-refractivity contribution in [3.8, 4) is 5.75 Å². The van der Waals surface area contributed by atoms with E-state index in [9.17, 15) is 16.8 Å². The van der Waals surface area contributed by atoms with Gasteiger partial charge in [-0.1, -0.05) is 30.3 Å². The van der Waals surface area contributed by atoms with E-state index in [-0.39, 0.29) is 34.3 Å². The van der Waals surface area contributed by atoms with Gasteiger partial charge in [-0.05, 0) is 23.8 Å². The molecule has 0 saturated heterocycles. The van der Waals surface area contributed by atoms with Crippen LogP contribution in [-0.2, 0) is 19.7 Å². The fourth-order valence-electron chi connectivity index (χ4n) is 2.81. The van der Waals surface area contributed by atoms with E-state index < -0.39 is 30.7 Å². The molecule has 0 aliphatic carbocycles. The van der Waals surface area contributed by atoms with Crippen molar-refractivity contribution in [3.63, 3.8) is 0 Å². The van der Waals surface area contributed by atoms with Crippen LogP contribution >= 0.6 is 0 Å². The molecule has 0 spiro atoms. The van der Waals surface area contributed by atoms with Crippen molar-refractivity contribution >= 4 is 19.7 Å². The Kier molecular flexibility index (Phi) is 4.37. The molecule has 2 N–H and O–H groups in total. The Morgan fingerprint density at radius 1 is 1.08 bits per heavy atom. The molecular formula is C16H17NO5S2. The highest BCUT2D eigenvalue weighted by molar-refractivity contribution is 7.96. The first-order valence-electron chi connectivity index (χ1n) is 7.35. The van der Waals surface area contributed by atoms with Crippen LogP contribution in [0.1, 0.15) is 10.8 Å². The predicted molar refractivity (Wildman–Crippen MR) is 89.4 cm³/mol. The average molecular weight is 367 g/mol. The van der Waals surface area contributed by atoms with E-state index in [2.05, 4.69) is 0 Å². The second-order valence-corrected chi connectivity index (χ2v) is 9.54. The molecule has 1 atom stereocenters. The summed E-state index contributed by atoms with van der Waals surface area (Å²) < 4.78 is 56.3. The molecule has 2 aromatic rings. The lowest BCUT2D eigenvalue weighted by Gasteiger charge is -2.13. The van der Waals surface area contributed by atoms with Gasteiger partial charge in [0.25, 0.3) is 0 Å². The molecule has 2 aromatic carbocycles. The second-order valence-electron chi connectivity index (χ2n) is 5.44. The molecule has 0 bridgehead atoms. The van der Waals surface area contributed by atoms with E-state index in [1.807, 2.05) is 0 Å². The first-order chi connectivity index (χ1) is 11.4. The molecule has 0 radical (unpaired) electrons. The fraction of sp³-hybridized carbons (Fsp3) is 0.250. The summed E-state index contributed by atoms with van der Waals surface area (Å²) in [6.45, 7) is 0.386. The quantitative estimate of drug-likeness (QED) is 0.855. The third kappa shape index (κ3) is 2.81. The van der Waals surface area contributed by atoms with Crippen LogP contribution in [0, 0.1) is 0 Å². The van der Waals surface area contributed by atoms with Gasteiger partial charge in [-0.2, -0.15) is 0 Å². The summed E-state index contributed by atoms with van der Waals surface area (Å²) in [5.41, 5.74) is 5.65. The molecule has 1 heterocycles. The van der Waals surface area contributed by atoms with Crippen molar-refractivity contribution in [2.45, 2.75) is 15.0 Å². The van der Waals surface area contributed by atoms with Gasteiger partial charge in [-0.3, -0.25) is 0 Å². The van der Waals surface area contributed by atoms with Crippen LogP contribution in [-0.4, -0.2) is 35.7 Å². The van der Waals surface area contributed by atoms with Gasteiger partial charge in [-0.25, -0.2) is 16.8 Å². The highest BCUT2D eigenvalue weighted by atomic mass is 32.2. The summed E-state index contributed by atoms with van der Waals surface area (Å²) in [7, 11) is -7.57. The monoisotopic (exact) mass is 367 g/mol. The van der Waals surface area contributed by atoms with Crippen molar-refractivity contribution in [1.29, 1.82) is 0 Å². The fourth-order valence-corrected chi connectivity index (χ4v) is 7.28. The molecule has 3 rings (SSSR count). The van der Waals surface area contributed by atoms with E-state index in [4.69, 9.17) is 10.5 Å². The van der Waals surface area contributed by atoms with Crippen LogP contribution < -0.4 is 10.5 Å². The summed E-state index contributed by atoms with van der Waals surface area (Å²) in [6.07, 6.45) is 0. The summed E-state index contributed by atoms with van der Waals surface area (Å²) in [5, 5.41) is -1.14. The van der Waals surface area contributed by atoms with Crippen molar-refractivity contribution in [3.05, 3.63) is 54.1 Å². The van der Waals surface area contributed by atoms with Gasteiger partial charge >= 0.3 is 0 Å². The summed E-state index contributed by atoms with van der Waals surface area (Å²) >= 11 is 0. The Balaban J connectivity index is 2.14. The zero-order chi connectivity index (χ0) is 17.4. The molecule has 24 heavy (non-hydrogen) atoms. The van der Waals surface area contributed by atoms with Crippen LogP contribution in [0.25, 0.3) is 0 Å². The number of sulfone groups is 2. The first-order valence-corrected chi connectivity index (χ1v) is 10.6. The Hall–Kier alpha value is -1.90. The molecule has 0 saturated carbocycles. The van der Waals surface area contributed by atoms with Gasteiger partial charge in [0.2, 0.25) is 0 Å². The van der Waals surface area contributed by atoms with Gasteiger partial charge in [0.1, 0.15) is 22.5 Å². The van der Waals surface area contributed by atoms with Crippen molar-refractivity contribution < 1.29 is 21.6 Å². The predicted octanol–water partition coefficient (Wildman–Crippen LogP) is 1.33. The van der Waals surface area contributed by atoms with E-state index in [1.165, 1.54) is 24.3 Å². The molecule has 8 heteroatoms. The lowest BCUT2D eigenvalue weighted by atomic mass is 10.1. The molecule has 1 aliphatic heterocycles. The van der Waals surface area contributed by atoms with Gasteiger partial charge in [0.15, 0.2) is 19.7 Å². The second kappa shape index (κ2) is 6.19. The summed E-state index contributed by atoms with van der Waals surface area (Å²) in [6, 6.07) is 12.5. The normalized spacial score (nSPS) is 19.0. The minimum atomic E-state index is -3.82. The van der Waals surface area contributed by atoms with Gasteiger partial charge in [-0.15, -0.1) is 0 Å². The highest BCUT2D eigenvalue weighted by Crippen LogP contribution is 2.44. The summed E-state index contributed by atoms with van der Waals surface area (Å²) in [4.78, 5) is 0.0642. The van der Waals surface area contributed by atoms with E-state index in [0.29, 0.717) is 0 Å². The van der Waals surface area contributed by atoms with Crippen LogP contribution in [0.15, 0.2) is 58.3 Å². The van der Waals surface area contributed by atoms with Gasteiger partial charge < -0.3 is 10.5 Å². The molecule has 0 amide bonds. The topological polar surface area (TPSA) is 104 Å². The number of ether oxygens (including phenoxy) is 1. The minimum Gasteiger partial charge on any atom is -0.491 e. The molecule has 0 aromatic heterocycles. The maximum Gasteiger partial charge on any atom is 0.186 e. The van der Waals surface area contributed by atoms with E-state index in [1.54, 1.807) is 24.3 Å². The van der Waals surface area contributed by atoms with Gasteiger partial charge in [0.05, 0.1) is 10.6 Å². The Morgan fingerprint density at radius 3 is 2.46 bits per heavy atom. The largest absolute Gasteiger partial charge is 0.491 e. The number of rotatable bonds is 5. The maximum absolute atomic E-state index is 12.9. The Bertz CT molecular complexity index is 953. The molecule has 128 valence electrons. The third-order valence-electron chi connectivity index (χ3n) is 3.86. The number of nitrogens with two attached hydrogens (primary N) is 1. The van der Waals surface area contributed by atoms with Crippen molar-refractivity contribution in [2.75, 3.05) is 18.9 Å². The zero-order valence-electron chi connectivity index (χ0n) is 12.8. The van der Waals surface area contributed by atoms with E-state index >= 15 is 0 Å². The molecular weight excluding hydrogens is 350 g/mol. The number of benzene rings is 2. The summed E-state index contributed by atoms with van der Waals surface area (Å²) in [5.74, 6) is -0.327. The van der Waals surface area contributed by atoms with E-state index in [0.717, 1.165) is 0 Å². The van der Waals surface area contributed by atoms with Crippen molar-refractivity contribution in [2.24, 2.45) is 5.73 Å². The number of fused-ring (bicyclic) bond motifs is 1. The Morgan fingerprint density at radius 2 is 1.79 bits per heavy atom. The highest BCUT2D eigenvalue weighted by Gasteiger charge is 2.44. The van der Waals surface area contributed by atoms with Crippen LogP contribution in [0.5, 0.6) is 5.75 Å². The standard InChI is InChI=1S/C16H17NO5S2/c17-9-10-22-14-8-4-7-13-15(11-23(18,19)16(13)14)24(20,21)12-5-2-1-3-6-12/h1-8,15H,9-11,17H2. The molecule has 1 unspecified atom stereocenters. The minimum absolute atomic E-state index is 0.0389. The van der Waals surface area contributed by atoms with Crippen molar-refractivity contribution in [1.82, 2.24) is 0 Å². The lowest BCUT2D eigenvalue weighted by molar-refractivity contribution is 0.319. The molecule has 0 fully saturated rings. The maximum atomic E-state index is 12.9. The molecule has 6 nitrogen and oxygen atoms in total. The van der Waals surface area contributed by atoms with Crippen LogP contribution in [0.3, 0.4) is 0 Å². The number of hydrogen-bond donors (Lipinski definition) is 1. The first kappa shape index (κ1) is 16.9. The third-order valence-corrected chi connectivity index (χ3v) is 8.00.